The predicted molar refractivity (Wildman–Crippen MR) is 63.1 cm³/mol. The summed E-state index contributed by atoms with van der Waals surface area (Å²) in [6.45, 7) is 0. The van der Waals surface area contributed by atoms with Crippen LogP contribution in [0, 0.1) is 11.7 Å². The molecule has 1 saturated carbocycles. The molecule has 1 aromatic carbocycles. The fourth-order valence-corrected chi connectivity index (χ4v) is 2.70. The number of hydrogen-bond donors (Lipinski definition) is 1. The van der Waals surface area contributed by atoms with Crippen LogP contribution in [-0.4, -0.2) is 5.11 Å². The van der Waals surface area contributed by atoms with E-state index in [9.17, 15) is 9.50 Å². The van der Waals surface area contributed by atoms with Crippen molar-refractivity contribution < 1.29 is 13.9 Å². The maximum Gasteiger partial charge on any atom is 0.170 e. The highest BCUT2D eigenvalue weighted by atomic mass is 19.1. The van der Waals surface area contributed by atoms with Crippen LogP contribution in [-0.2, 0) is 0 Å². The average Bonchev–Trinajstić information content (AvgIpc) is 2.98. The van der Waals surface area contributed by atoms with Gasteiger partial charge in [-0.3, -0.25) is 0 Å². The van der Waals surface area contributed by atoms with Crippen LogP contribution < -0.4 is 0 Å². The summed E-state index contributed by atoms with van der Waals surface area (Å²) in [5.74, 6) is 0.392. The minimum Gasteiger partial charge on any atom is -0.455 e. The molecule has 0 aliphatic heterocycles. The molecule has 1 atom stereocenters. The topological polar surface area (TPSA) is 33.4 Å². The van der Waals surface area contributed by atoms with E-state index < -0.39 is 6.10 Å². The highest BCUT2D eigenvalue weighted by molar-refractivity contribution is 5.78. The maximum absolute atomic E-state index is 13.5. The van der Waals surface area contributed by atoms with Crippen molar-refractivity contribution >= 4 is 11.0 Å². The third-order valence-corrected chi connectivity index (χ3v) is 3.65. The summed E-state index contributed by atoms with van der Waals surface area (Å²) < 4.78 is 18.9. The summed E-state index contributed by atoms with van der Waals surface area (Å²) in [5, 5.41) is 10.9. The molecule has 2 nitrogen and oxygen atoms in total. The minimum absolute atomic E-state index is 0.250. The predicted octanol–water partition coefficient (Wildman–Crippen LogP) is 3.80. The van der Waals surface area contributed by atoms with Gasteiger partial charge in [-0.2, -0.15) is 0 Å². The quantitative estimate of drug-likeness (QED) is 0.857. The van der Waals surface area contributed by atoms with Gasteiger partial charge >= 0.3 is 0 Å². The van der Waals surface area contributed by atoms with Crippen LogP contribution in [0.2, 0.25) is 0 Å². The van der Waals surface area contributed by atoms with Gasteiger partial charge in [0.25, 0.3) is 0 Å². The van der Waals surface area contributed by atoms with Crippen LogP contribution in [0.3, 0.4) is 0 Å². The molecule has 1 N–H and O–H groups in total. The number of furan rings is 1. The Morgan fingerprint density at radius 3 is 2.76 bits per heavy atom. The standard InChI is InChI=1S/C14H15FO2/c15-11-7-3-6-10-8-12(17-14(10)11)13(16)9-4-1-2-5-9/h3,6-9,13,16H,1-2,4-5H2. The third-order valence-electron chi connectivity index (χ3n) is 3.65. The van der Waals surface area contributed by atoms with E-state index in [0.717, 1.165) is 31.1 Å². The molecule has 3 rings (SSSR count). The van der Waals surface area contributed by atoms with E-state index in [1.165, 1.54) is 6.07 Å². The van der Waals surface area contributed by atoms with Crippen LogP contribution in [0.5, 0.6) is 0 Å². The van der Waals surface area contributed by atoms with Crippen molar-refractivity contribution in [2.24, 2.45) is 5.92 Å². The average molecular weight is 234 g/mol. The largest absolute Gasteiger partial charge is 0.455 e. The summed E-state index contributed by atoms with van der Waals surface area (Å²) in [4.78, 5) is 0. The number of aliphatic hydroxyl groups is 1. The number of fused-ring (bicyclic) bond motifs is 1. The van der Waals surface area contributed by atoms with Gasteiger partial charge in [0.1, 0.15) is 11.9 Å². The molecule has 0 spiro atoms. The van der Waals surface area contributed by atoms with Crippen LogP contribution >= 0.6 is 0 Å². The van der Waals surface area contributed by atoms with E-state index in [-0.39, 0.29) is 17.3 Å². The van der Waals surface area contributed by atoms with Gasteiger partial charge in [-0.05, 0) is 30.9 Å². The van der Waals surface area contributed by atoms with Crippen LogP contribution in [0.4, 0.5) is 4.39 Å². The van der Waals surface area contributed by atoms with Crippen molar-refractivity contribution in [1.29, 1.82) is 0 Å². The van der Waals surface area contributed by atoms with Crippen LogP contribution in [0.15, 0.2) is 28.7 Å². The molecule has 0 saturated heterocycles. The summed E-state index contributed by atoms with van der Waals surface area (Å²) in [6, 6.07) is 6.57. The lowest BCUT2D eigenvalue weighted by Gasteiger charge is -2.14. The molecule has 1 heterocycles. The van der Waals surface area contributed by atoms with Gasteiger partial charge in [0, 0.05) is 5.39 Å². The number of hydrogen-bond acceptors (Lipinski definition) is 2. The molecular weight excluding hydrogens is 219 g/mol. The molecular formula is C14H15FO2. The lowest BCUT2D eigenvalue weighted by atomic mass is 9.99. The Hall–Kier alpha value is -1.35. The van der Waals surface area contributed by atoms with Gasteiger partial charge in [0.2, 0.25) is 0 Å². The molecule has 1 fully saturated rings. The fourth-order valence-electron chi connectivity index (χ4n) is 2.70. The smallest absolute Gasteiger partial charge is 0.170 e. The first-order valence-electron chi connectivity index (χ1n) is 6.12. The van der Waals surface area contributed by atoms with E-state index in [4.69, 9.17) is 4.42 Å². The Balaban J connectivity index is 1.97. The highest BCUT2D eigenvalue weighted by Gasteiger charge is 2.27. The van der Waals surface area contributed by atoms with Crippen molar-refractivity contribution in [1.82, 2.24) is 0 Å². The Morgan fingerprint density at radius 1 is 1.29 bits per heavy atom. The number of aliphatic hydroxyl groups excluding tert-OH is 1. The summed E-state index contributed by atoms with van der Waals surface area (Å²) in [6.07, 6.45) is 3.79. The molecule has 1 aliphatic rings. The van der Waals surface area contributed by atoms with Gasteiger partial charge < -0.3 is 9.52 Å². The van der Waals surface area contributed by atoms with Crippen molar-refractivity contribution in [3.63, 3.8) is 0 Å². The molecule has 1 aliphatic carbocycles. The second-order valence-electron chi connectivity index (χ2n) is 4.80. The van der Waals surface area contributed by atoms with Gasteiger partial charge in [-0.25, -0.2) is 4.39 Å². The van der Waals surface area contributed by atoms with Gasteiger partial charge in [0.05, 0.1) is 0 Å². The zero-order valence-corrected chi connectivity index (χ0v) is 9.53. The van der Waals surface area contributed by atoms with E-state index in [2.05, 4.69) is 0 Å². The zero-order valence-electron chi connectivity index (χ0n) is 9.53. The van der Waals surface area contributed by atoms with Crippen molar-refractivity contribution in [2.75, 3.05) is 0 Å². The first-order valence-corrected chi connectivity index (χ1v) is 6.12. The van der Waals surface area contributed by atoms with E-state index >= 15 is 0 Å². The molecule has 1 aromatic heterocycles. The lowest BCUT2D eigenvalue weighted by molar-refractivity contribution is 0.0903. The zero-order chi connectivity index (χ0) is 11.8. The summed E-state index contributed by atoms with van der Waals surface area (Å²) in [7, 11) is 0. The minimum atomic E-state index is -0.593. The Labute approximate surface area is 99.1 Å². The molecule has 3 heteroatoms. The number of halogens is 1. The maximum atomic E-state index is 13.5. The third kappa shape index (κ3) is 1.84. The fraction of sp³-hybridized carbons (Fsp3) is 0.429. The molecule has 17 heavy (non-hydrogen) atoms. The first kappa shape index (κ1) is 10.8. The molecule has 1 unspecified atom stereocenters. The van der Waals surface area contributed by atoms with Crippen molar-refractivity contribution in [3.8, 4) is 0 Å². The molecule has 0 bridgehead atoms. The second kappa shape index (κ2) is 4.15. The Bertz CT molecular complexity index is 526. The van der Waals surface area contributed by atoms with Gasteiger partial charge in [-0.1, -0.05) is 25.0 Å². The van der Waals surface area contributed by atoms with Crippen molar-refractivity contribution in [3.05, 3.63) is 35.8 Å². The first-order chi connectivity index (χ1) is 8.25. The molecule has 0 amide bonds. The molecule has 0 radical (unpaired) electrons. The van der Waals surface area contributed by atoms with Crippen molar-refractivity contribution in [2.45, 2.75) is 31.8 Å². The lowest BCUT2D eigenvalue weighted by Crippen LogP contribution is -2.07. The highest BCUT2D eigenvalue weighted by Crippen LogP contribution is 2.37. The monoisotopic (exact) mass is 234 g/mol. The van der Waals surface area contributed by atoms with Crippen LogP contribution in [0.1, 0.15) is 37.5 Å². The van der Waals surface area contributed by atoms with E-state index in [1.54, 1.807) is 18.2 Å². The SMILES string of the molecule is OC(c1cc2cccc(F)c2o1)C1CCCC1. The Kier molecular flexibility index (Phi) is 2.63. The van der Waals surface area contributed by atoms with Gasteiger partial charge in [-0.15, -0.1) is 0 Å². The van der Waals surface area contributed by atoms with Gasteiger partial charge in [0.15, 0.2) is 11.4 Å². The molecule has 90 valence electrons. The summed E-state index contributed by atoms with van der Waals surface area (Å²) >= 11 is 0. The van der Waals surface area contributed by atoms with E-state index in [0.29, 0.717) is 5.76 Å². The number of para-hydroxylation sites is 1. The second-order valence-corrected chi connectivity index (χ2v) is 4.80. The normalized spacial score (nSPS) is 18.9. The Morgan fingerprint density at radius 2 is 2.06 bits per heavy atom. The number of benzene rings is 1. The van der Waals surface area contributed by atoms with E-state index in [1.807, 2.05) is 0 Å². The summed E-state index contributed by atoms with van der Waals surface area (Å²) in [5.41, 5.74) is 0.250. The van der Waals surface area contributed by atoms with Crippen LogP contribution in [0.25, 0.3) is 11.0 Å². The number of rotatable bonds is 2. The molecule has 2 aromatic rings.